The average molecular weight is 347 g/mol. The van der Waals surface area contributed by atoms with Crippen LogP contribution in [0.25, 0.3) is 0 Å². The Kier molecular flexibility index (Phi) is 3.72. The number of nitrogens with one attached hydrogen (secondary N) is 1. The Morgan fingerprint density at radius 1 is 1.24 bits per heavy atom. The molecule has 3 aliphatic rings. The van der Waals surface area contributed by atoms with Gasteiger partial charge in [0.15, 0.2) is 0 Å². The molecule has 0 aromatic heterocycles. The van der Waals surface area contributed by atoms with Crippen LogP contribution < -0.4 is 10.2 Å². The Hall–Kier alpha value is -2.48. The molecule has 8 heteroatoms. The molecule has 1 unspecified atom stereocenters. The van der Waals surface area contributed by atoms with Crippen molar-refractivity contribution in [1.29, 1.82) is 0 Å². The van der Waals surface area contributed by atoms with Crippen molar-refractivity contribution >= 4 is 23.4 Å². The number of anilines is 1. The summed E-state index contributed by atoms with van der Waals surface area (Å²) in [5, 5.41) is 11.3. The molecule has 0 radical (unpaired) electrons. The van der Waals surface area contributed by atoms with Gasteiger partial charge in [0.05, 0.1) is 5.69 Å². The van der Waals surface area contributed by atoms with Gasteiger partial charge in [0.25, 0.3) is 5.91 Å². The van der Waals surface area contributed by atoms with Gasteiger partial charge in [-0.05, 0) is 24.1 Å². The summed E-state index contributed by atoms with van der Waals surface area (Å²) in [6, 6.07) is 2.18. The van der Waals surface area contributed by atoms with Gasteiger partial charge in [0.1, 0.15) is 11.9 Å². The van der Waals surface area contributed by atoms with E-state index < -0.39 is 17.8 Å². The van der Waals surface area contributed by atoms with E-state index in [2.05, 4.69) is 5.32 Å². The van der Waals surface area contributed by atoms with Gasteiger partial charge in [0, 0.05) is 44.1 Å². The summed E-state index contributed by atoms with van der Waals surface area (Å²) in [7, 11) is 0. The summed E-state index contributed by atoms with van der Waals surface area (Å²) in [5.74, 6) is -1.53. The first-order valence-corrected chi connectivity index (χ1v) is 8.31. The fourth-order valence-electron chi connectivity index (χ4n) is 3.70. The Morgan fingerprint density at radius 2 is 2.00 bits per heavy atom. The highest BCUT2D eigenvalue weighted by Crippen LogP contribution is 2.34. The molecule has 2 fully saturated rings. The second kappa shape index (κ2) is 5.80. The van der Waals surface area contributed by atoms with E-state index in [4.69, 9.17) is 5.11 Å². The zero-order chi connectivity index (χ0) is 17.7. The molecular weight excluding hydrogens is 329 g/mol. The largest absolute Gasteiger partial charge is 0.396 e. The van der Waals surface area contributed by atoms with Crippen molar-refractivity contribution in [1.82, 2.24) is 10.2 Å². The van der Waals surface area contributed by atoms with E-state index in [9.17, 15) is 18.8 Å². The highest BCUT2D eigenvalue weighted by Gasteiger charge is 2.40. The first kappa shape index (κ1) is 16.0. The Bertz CT molecular complexity index is 775. The van der Waals surface area contributed by atoms with Gasteiger partial charge >= 0.3 is 0 Å². The van der Waals surface area contributed by atoms with E-state index >= 15 is 0 Å². The smallest absolute Gasteiger partial charge is 0.255 e. The second-order valence-corrected chi connectivity index (χ2v) is 6.81. The van der Waals surface area contributed by atoms with Crippen LogP contribution >= 0.6 is 0 Å². The third-order valence-electron chi connectivity index (χ3n) is 5.15. The molecule has 4 rings (SSSR count). The fourth-order valence-corrected chi connectivity index (χ4v) is 3.70. The predicted octanol–water partition coefficient (Wildman–Crippen LogP) is 0.0152. The number of imide groups is 1. The lowest BCUT2D eigenvalue weighted by Gasteiger charge is -2.40. The number of piperidine rings is 1. The van der Waals surface area contributed by atoms with E-state index in [-0.39, 0.29) is 49.3 Å². The SMILES string of the molecule is O=C1CCC(N2Cc3cc(N4CC(CO)C4)c(F)cc3C2=O)C(=O)N1. The number of nitrogens with zero attached hydrogens (tertiary/aromatic N) is 2. The summed E-state index contributed by atoms with van der Waals surface area (Å²) in [6.07, 6.45) is 0.469. The molecule has 0 saturated carbocycles. The van der Waals surface area contributed by atoms with E-state index in [1.807, 2.05) is 4.90 Å². The minimum atomic E-state index is -0.702. The average Bonchev–Trinajstić information content (AvgIpc) is 2.83. The van der Waals surface area contributed by atoms with Crippen LogP contribution in [0.2, 0.25) is 0 Å². The number of aliphatic hydroxyl groups excluding tert-OH is 1. The third-order valence-corrected chi connectivity index (χ3v) is 5.15. The van der Waals surface area contributed by atoms with Gasteiger partial charge < -0.3 is 14.9 Å². The summed E-state index contributed by atoms with van der Waals surface area (Å²) in [6.45, 7) is 1.46. The normalized spacial score (nSPS) is 23.6. The van der Waals surface area contributed by atoms with Crippen LogP contribution in [0.4, 0.5) is 10.1 Å². The van der Waals surface area contributed by atoms with Crippen molar-refractivity contribution in [2.45, 2.75) is 25.4 Å². The number of rotatable bonds is 3. The van der Waals surface area contributed by atoms with Crippen LogP contribution in [-0.2, 0) is 16.1 Å². The highest BCUT2D eigenvalue weighted by atomic mass is 19.1. The number of hydrogen-bond acceptors (Lipinski definition) is 5. The van der Waals surface area contributed by atoms with Gasteiger partial charge in [-0.2, -0.15) is 0 Å². The Labute approximate surface area is 143 Å². The van der Waals surface area contributed by atoms with E-state index in [1.165, 1.54) is 11.0 Å². The zero-order valence-corrected chi connectivity index (χ0v) is 13.5. The maximum absolute atomic E-state index is 14.4. The molecule has 2 N–H and O–H groups in total. The second-order valence-electron chi connectivity index (χ2n) is 6.81. The van der Waals surface area contributed by atoms with Crippen LogP contribution in [-0.4, -0.2) is 53.5 Å². The summed E-state index contributed by atoms with van der Waals surface area (Å²) in [5.41, 5.74) is 1.37. The van der Waals surface area contributed by atoms with Gasteiger partial charge in [-0.25, -0.2) is 4.39 Å². The number of fused-ring (bicyclic) bond motifs is 1. The number of aliphatic hydroxyl groups is 1. The molecular formula is C17H18FN3O4. The topological polar surface area (TPSA) is 90.0 Å². The first-order valence-electron chi connectivity index (χ1n) is 8.31. The molecule has 3 aliphatic heterocycles. The predicted molar refractivity (Wildman–Crippen MR) is 85.2 cm³/mol. The van der Waals surface area contributed by atoms with Crippen LogP contribution in [0.1, 0.15) is 28.8 Å². The van der Waals surface area contributed by atoms with Crippen molar-refractivity contribution in [3.8, 4) is 0 Å². The molecule has 1 aromatic carbocycles. The van der Waals surface area contributed by atoms with Gasteiger partial charge in [-0.3, -0.25) is 19.7 Å². The summed E-state index contributed by atoms with van der Waals surface area (Å²) >= 11 is 0. The third kappa shape index (κ3) is 2.57. The molecule has 3 heterocycles. The molecule has 0 spiro atoms. The molecule has 1 aromatic rings. The number of carbonyl (C=O) groups is 3. The highest BCUT2D eigenvalue weighted by molar-refractivity contribution is 6.05. The van der Waals surface area contributed by atoms with E-state index in [0.29, 0.717) is 24.3 Å². The first-order chi connectivity index (χ1) is 12.0. The van der Waals surface area contributed by atoms with E-state index in [1.54, 1.807) is 6.07 Å². The lowest BCUT2D eigenvalue weighted by atomic mass is 9.99. The van der Waals surface area contributed by atoms with Crippen LogP contribution in [0.15, 0.2) is 12.1 Å². The Balaban J connectivity index is 1.57. The number of benzene rings is 1. The molecule has 25 heavy (non-hydrogen) atoms. The molecule has 0 aliphatic carbocycles. The lowest BCUT2D eigenvalue weighted by molar-refractivity contribution is -0.136. The molecule has 3 amide bonds. The lowest BCUT2D eigenvalue weighted by Crippen LogP contribution is -2.52. The zero-order valence-electron chi connectivity index (χ0n) is 13.5. The minimum absolute atomic E-state index is 0.0742. The molecule has 1 atom stereocenters. The maximum atomic E-state index is 14.4. The number of hydrogen-bond donors (Lipinski definition) is 2. The van der Waals surface area contributed by atoms with Crippen LogP contribution in [0.3, 0.4) is 0 Å². The van der Waals surface area contributed by atoms with Crippen molar-refractivity contribution in [3.05, 3.63) is 29.1 Å². The number of halogens is 1. The van der Waals surface area contributed by atoms with Gasteiger partial charge in [-0.1, -0.05) is 0 Å². The molecule has 7 nitrogen and oxygen atoms in total. The standard InChI is InChI=1S/C17H18FN3O4/c18-12-4-11-10(3-14(12)20-5-9(6-20)8-22)7-21(17(11)25)13-1-2-15(23)19-16(13)24/h3-4,9,13,22H,1-2,5-8H2,(H,19,23,24). The molecule has 2 saturated heterocycles. The number of amides is 3. The molecule has 0 bridgehead atoms. The van der Waals surface area contributed by atoms with Gasteiger partial charge in [0.2, 0.25) is 11.8 Å². The maximum Gasteiger partial charge on any atom is 0.255 e. The summed E-state index contributed by atoms with van der Waals surface area (Å²) in [4.78, 5) is 39.1. The van der Waals surface area contributed by atoms with Crippen molar-refractivity contribution in [2.75, 3.05) is 24.6 Å². The quantitative estimate of drug-likeness (QED) is 0.752. The Morgan fingerprint density at radius 3 is 2.68 bits per heavy atom. The monoisotopic (exact) mass is 347 g/mol. The van der Waals surface area contributed by atoms with Crippen LogP contribution in [0, 0.1) is 11.7 Å². The van der Waals surface area contributed by atoms with Gasteiger partial charge in [-0.15, -0.1) is 0 Å². The number of carbonyl (C=O) groups excluding carboxylic acids is 3. The van der Waals surface area contributed by atoms with Crippen LogP contribution in [0.5, 0.6) is 0 Å². The van der Waals surface area contributed by atoms with E-state index in [0.717, 1.165) is 0 Å². The molecule has 132 valence electrons. The van der Waals surface area contributed by atoms with Crippen molar-refractivity contribution < 1.29 is 23.9 Å². The fraction of sp³-hybridized carbons (Fsp3) is 0.471. The summed E-state index contributed by atoms with van der Waals surface area (Å²) < 4.78 is 14.4. The van der Waals surface area contributed by atoms with Crippen molar-refractivity contribution in [3.63, 3.8) is 0 Å². The minimum Gasteiger partial charge on any atom is -0.396 e. The van der Waals surface area contributed by atoms with Crippen molar-refractivity contribution in [2.24, 2.45) is 5.92 Å².